The van der Waals surface area contributed by atoms with Gasteiger partial charge in [-0.15, -0.1) is 0 Å². The van der Waals surface area contributed by atoms with Crippen molar-refractivity contribution >= 4 is 0 Å². The van der Waals surface area contributed by atoms with Crippen LogP contribution in [0.1, 0.15) is 39.5 Å². The quantitative estimate of drug-likeness (QED) is 0.646. The lowest BCUT2D eigenvalue weighted by molar-refractivity contribution is 0.273. The lowest BCUT2D eigenvalue weighted by Crippen LogP contribution is -1.87. The third-order valence-electron chi connectivity index (χ3n) is 4.24. The van der Waals surface area contributed by atoms with Crippen molar-refractivity contribution in [2.45, 2.75) is 39.5 Å². The van der Waals surface area contributed by atoms with Gasteiger partial charge < -0.3 is 5.11 Å². The Morgan fingerprint density at radius 1 is 1.09 bits per heavy atom. The molecular weight excluding hydrogens is 136 g/mol. The average Bonchev–Trinajstić information content (AvgIpc) is 2.78. The molecule has 0 aromatic carbocycles. The summed E-state index contributed by atoms with van der Waals surface area (Å²) in [6, 6.07) is 0. The first-order valence-corrected chi connectivity index (χ1v) is 4.47. The van der Waals surface area contributed by atoms with Gasteiger partial charge in [0.2, 0.25) is 0 Å². The third kappa shape index (κ3) is 0.618. The topological polar surface area (TPSA) is 20.2 Å². The Hall–Kier alpha value is -0.0400. The average molecular weight is 154 g/mol. The van der Waals surface area contributed by atoms with E-state index in [1.54, 1.807) is 0 Å². The van der Waals surface area contributed by atoms with Crippen LogP contribution in [0.2, 0.25) is 0 Å². The summed E-state index contributed by atoms with van der Waals surface area (Å²) in [5.41, 5.74) is 1.63. The summed E-state index contributed by atoms with van der Waals surface area (Å²) < 4.78 is 0. The Morgan fingerprint density at radius 2 is 1.55 bits per heavy atom. The van der Waals surface area contributed by atoms with E-state index in [0.717, 1.165) is 23.2 Å². The molecule has 3 saturated carbocycles. The minimum absolute atomic E-state index is 0. The molecule has 3 rings (SSSR count). The molecule has 1 heteroatoms. The Kier molecular flexibility index (Phi) is 1.26. The van der Waals surface area contributed by atoms with Gasteiger partial charge in [0.1, 0.15) is 0 Å². The highest BCUT2D eigenvalue weighted by molar-refractivity contribution is 5.34. The van der Waals surface area contributed by atoms with Crippen molar-refractivity contribution < 1.29 is 5.11 Å². The highest BCUT2D eigenvalue weighted by Gasteiger charge is 2.85. The zero-order chi connectivity index (χ0) is 6.82. The summed E-state index contributed by atoms with van der Waals surface area (Å²) in [4.78, 5) is 0. The van der Waals surface area contributed by atoms with Crippen molar-refractivity contribution in [1.82, 2.24) is 0 Å². The first kappa shape index (κ1) is 7.60. The number of hydrogen-bond donors (Lipinski definition) is 1. The second kappa shape index (κ2) is 1.82. The van der Waals surface area contributed by atoms with Crippen molar-refractivity contribution in [1.29, 1.82) is 0 Å². The molecule has 0 heterocycles. The molecule has 0 saturated heterocycles. The summed E-state index contributed by atoms with van der Waals surface area (Å²) in [5.74, 6) is 0.949. The maximum Gasteiger partial charge on any atom is 0.0434 e. The zero-order valence-corrected chi connectivity index (χ0v) is 6.27. The lowest BCUT2D eigenvalue weighted by atomic mass is 10.2. The van der Waals surface area contributed by atoms with E-state index in [1.165, 1.54) is 25.7 Å². The van der Waals surface area contributed by atoms with Crippen LogP contribution in [-0.2, 0) is 0 Å². The van der Waals surface area contributed by atoms with Crippen LogP contribution < -0.4 is 0 Å². The molecule has 64 valence electrons. The smallest absolute Gasteiger partial charge is 0.0434 e. The van der Waals surface area contributed by atoms with Crippen LogP contribution >= 0.6 is 0 Å². The standard InChI is InChI=1S/C9H14O.CH4/c10-6-1-7-8(2-3-8)9(7)4-5-9;/h7,10H,1-6H2;1H4. The predicted octanol–water partition coefficient (Wildman–Crippen LogP) is 2.20. The number of rotatable bonds is 2. The maximum atomic E-state index is 8.80. The fraction of sp³-hybridized carbons (Fsp3) is 1.00. The maximum absolute atomic E-state index is 8.80. The molecule has 1 N–H and O–H groups in total. The van der Waals surface area contributed by atoms with Crippen molar-refractivity contribution in [3.8, 4) is 0 Å². The van der Waals surface area contributed by atoms with Crippen molar-refractivity contribution in [3.63, 3.8) is 0 Å². The summed E-state index contributed by atoms with van der Waals surface area (Å²) in [7, 11) is 0. The molecule has 1 nitrogen and oxygen atoms in total. The predicted molar refractivity (Wildman–Crippen MR) is 45.3 cm³/mol. The Morgan fingerprint density at radius 3 is 1.82 bits per heavy atom. The lowest BCUT2D eigenvalue weighted by Gasteiger charge is -1.89. The first-order valence-electron chi connectivity index (χ1n) is 4.47. The van der Waals surface area contributed by atoms with Crippen LogP contribution in [0.3, 0.4) is 0 Å². The largest absolute Gasteiger partial charge is 0.396 e. The SMILES string of the molecule is C.OCCC1C2(CC2)C12CC2. The second-order valence-corrected chi connectivity index (χ2v) is 4.38. The highest BCUT2D eigenvalue weighted by atomic mass is 16.3. The van der Waals surface area contributed by atoms with E-state index in [-0.39, 0.29) is 7.43 Å². The number of fused-ring (bicyclic) bond motifs is 1. The number of hydrogen-bond acceptors (Lipinski definition) is 1. The molecule has 0 amide bonds. The van der Waals surface area contributed by atoms with Crippen LogP contribution in [-0.4, -0.2) is 11.7 Å². The molecular formula is C10H18O. The molecule has 0 unspecified atom stereocenters. The van der Waals surface area contributed by atoms with Gasteiger partial charge in [-0.3, -0.25) is 0 Å². The molecule has 0 aromatic heterocycles. The fourth-order valence-electron chi connectivity index (χ4n) is 3.48. The van der Waals surface area contributed by atoms with Gasteiger partial charge in [0.15, 0.2) is 0 Å². The van der Waals surface area contributed by atoms with Gasteiger partial charge in [0.05, 0.1) is 0 Å². The van der Waals surface area contributed by atoms with E-state index in [4.69, 9.17) is 5.11 Å². The Balaban J connectivity index is 0.000000480. The molecule has 0 aliphatic heterocycles. The van der Waals surface area contributed by atoms with Crippen molar-refractivity contribution in [2.24, 2.45) is 16.7 Å². The van der Waals surface area contributed by atoms with E-state index in [2.05, 4.69) is 0 Å². The monoisotopic (exact) mass is 154 g/mol. The molecule has 0 bridgehead atoms. The first-order chi connectivity index (χ1) is 4.86. The van der Waals surface area contributed by atoms with Gasteiger partial charge in [-0.25, -0.2) is 0 Å². The second-order valence-electron chi connectivity index (χ2n) is 4.38. The third-order valence-corrected chi connectivity index (χ3v) is 4.24. The summed E-state index contributed by atoms with van der Waals surface area (Å²) in [5, 5.41) is 8.80. The molecule has 3 fully saturated rings. The summed E-state index contributed by atoms with van der Waals surface area (Å²) in [6.45, 7) is 0.425. The van der Waals surface area contributed by atoms with Crippen LogP contribution in [0.15, 0.2) is 0 Å². The van der Waals surface area contributed by atoms with Gasteiger partial charge in [0, 0.05) is 6.61 Å². The molecule has 3 aliphatic rings. The molecule has 3 aliphatic carbocycles. The summed E-state index contributed by atoms with van der Waals surface area (Å²) in [6.07, 6.45) is 7.03. The van der Waals surface area contributed by atoms with E-state index in [9.17, 15) is 0 Å². The van der Waals surface area contributed by atoms with Gasteiger partial charge in [-0.1, -0.05) is 7.43 Å². The molecule has 0 radical (unpaired) electrons. The van der Waals surface area contributed by atoms with Crippen LogP contribution in [0.4, 0.5) is 0 Å². The summed E-state index contributed by atoms with van der Waals surface area (Å²) >= 11 is 0. The van der Waals surface area contributed by atoms with Crippen molar-refractivity contribution in [3.05, 3.63) is 0 Å². The normalized spacial score (nSPS) is 38.5. The van der Waals surface area contributed by atoms with Crippen LogP contribution in [0.25, 0.3) is 0 Å². The van der Waals surface area contributed by atoms with Crippen molar-refractivity contribution in [2.75, 3.05) is 6.61 Å². The van der Waals surface area contributed by atoms with E-state index >= 15 is 0 Å². The number of aliphatic hydroxyl groups excluding tert-OH is 1. The highest BCUT2D eigenvalue weighted by Crippen LogP contribution is 2.93. The number of aliphatic hydroxyl groups is 1. The molecule has 0 atom stereocenters. The zero-order valence-electron chi connectivity index (χ0n) is 6.27. The minimum atomic E-state index is 0. The van der Waals surface area contributed by atoms with Gasteiger partial charge in [-0.05, 0) is 48.9 Å². The van der Waals surface area contributed by atoms with Gasteiger partial charge in [0.25, 0.3) is 0 Å². The Bertz CT molecular complexity index is 159. The van der Waals surface area contributed by atoms with Gasteiger partial charge >= 0.3 is 0 Å². The molecule has 0 aromatic rings. The fourth-order valence-corrected chi connectivity index (χ4v) is 3.48. The van der Waals surface area contributed by atoms with Crippen LogP contribution in [0.5, 0.6) is 0 Å². The van der Waals surface area contributed by atoms with Crippen LogP contribution in [0, 0.1) is 16.7 Å². The van der Waals surface area contributed by atoms with Gasteiger partial charge in [-0.2, -0.15) is 0 Å². The Labute approximate surface area is 68.8 Å². The van der Waals surface area contributed by atoms with E-state index in [0.29, 0.717) is 6.61 Å². The minimum Gasteiger partial charge on any atom is -0.396 e. The van der Waals surface area contributed by atoms with E-state index < -0.39 is 0 Å². The molecule has 2 spiro atoms. The van der Waals surface area contributed by atoms with E-state index in [1.807, 2.05) is 0 Å². The molecule has 11 heavy (non-hydrogen) atoms.